The van der Waals surface area contributed by atoms with Gasteiger partial charge < -0.3 is 15.8 Å². The highest BCUT2D eigenvalue weighted by Gasteiger charge is 2.30. The Labute approximate surface area is 108 Å². The van der Waals surface area contributed by atoms with Gasteiger partial charge >= 0.3 is 6.03 Å². The number of nitrogens with two attached hydrogens (primary N) is 1. The molecule has 3 amide bonds. The molecule has 3 atom stereocenters. The summed E-state index contributed by atoms with van der Waals surface area (Å²) in [5.74, 6) is -0.0895. The van der Waals surface area contributed by atoms with Crippen LogP contribution in [0.1, 0.15) is 33.1 Å². The molecule has 1 rings (SSSR count). The third-order valence-corrected chi connectivity index (χ3v) is 3.21. The Morgan fingerprint density at radius 3 is 2.78 bits per heavy atom. The average molecular weight is 257 g/mol. The molecular formula is C12H23N3O3. The topological polar surface area (TPSA) is 93.5 Å². The van der Waals surface area contributed by atoms with Crippen molar-refractivity contribution in [3.05, 3.63) is 0 Å². The Kier molecular flexibility index (Phi) is 6.07. The van der Waals surface area contributed by atoms with Crippen molar-refractivity contribution in [3.8, 4) is 0 Å². The summed E-state index contributed by atoms with van der Waals surface area (Å²) in [6, 6.07) is -0.486. The van der Waals surface area contributed by atoms with Crippen LogP contribution < -0.4 is 16.4 Å². The number of urea groups is 1. The van der Waals surface area contributed by atoms with Crippen molar-refractivity contribution in [3.63, 3.8) is 0 Å². The second-order valence-electron chi connectivity index (χ2n) is 4.59. The molecule has 0 saturated heterocycles. The predicted molar refractivity (Wildman–Crippen MR) is 67.9 cm³/mol. The number of imide groups is 1. The number of rotatable bonds is 5. The minimum absolute atomic E-state index is 0.0324. The predicted octanol–water partition coefficient (Wildman–Crippen LogP) is 0.365. The maximum atomic E-state index is 11.7. The van der Waals surface area contributed by atoms with Gasteiger partial charge in [0.2, 0.25) is 0 Å². The van der Waals surface area contributed by atoms with Gasteiger partial charge in [0, 0.05) is 6.54 Å². The molecular weight excluding hydrogens is 234 g/mol. The lowest BCUT2D eigenvalue weighted by molar-refractivity contribution is -0.135. The van der Waals surface area contributed by atoms with Crippen molar-refractivity contribution in [2.45, 2.75) is 45.3 Å². The van der Waals surface area contributed by atoms with E-state index in [1.54, 1.807) is 13.8 Å². The molecule has 0 bridgehead atoms. The van der Waals surface area contributed by atoms with E-state index in [2.05, 4.69) is 10.6 Å². The van der Waals surface area contributed by atoms with Gasteiger partial charge in [-0.2, -0.15) is 0 Å². The first kappa shape index (κ1) is 14.9. The molecule has 0 aromatic rings. The van der Waals surface area contributed by atoms with E-state index < -0.39 is 18.0 Å². The molecule has 4 N–H and O–H groups in total. The Hall–Kier alpha value is -1.14. The minimum atomic E-state index is -0.634. The average Bonchev–Trinajstić information content (AvgIpc) is 2.76. The summed E-state index contributed by atoms with van der Waals surface area (Å²) in [4.78, 5) is 22.9. The third-order valence-electron chi connectivity index (χ3n) is 3.21. The summed E-state index contributed by atoms with van der Waals surface area (Å²) in [5, 5.41) is 4.74. The van der Waals surface area contributed by atoms with Crippen molar-refractivity contribution in [1.82, 2.24) is 10.6 Å². The number of hydrogen-bond acceptors (Lipinski definition) is 4. The lowest BCUT2D eigenvalue weighted by Gasteiger charge is -2.22. The van der Waals surface area contributed by atoms with Crippen molar-refractivity contribution in [2.75, 3.05) is 13.1 Å². The van der Waals surface area contributed by atoms with Gasteiger partial charge in [-0.25, -0.2) is 4.79 Å². The quantitative estimate of drug-likeness (QED) is 0.663. The van der Waals surface area contributed by atoms with Crippen LogP contribution in [0.15, 0.2) is 0 Å². The normalized spacial score (nSPS) is 24.6. The molecule has 6 nitrogen and oxygen atoms in total. The van der Waals surface area contributed by atoms with Gasteiger partial charge in [-0.3, -0.25) is 10.1 Å². The molecule has 0 spiro atoms. The summed E-state index contributed by atoms with van der Waals surface area (Å²) in [5.41, 5.74) is 5.65. The zero-order valence-corrected chi connectivity index (χ0v) is 11.1. The minimum Gasteiger partial charge on any atom is -0.365 e. The molecule has 1 saturated carbocycles. The first-order valence-electron chi connectivity index (χ1n) is 6.52. The van der Waals surface area contributed by atoms with Crippen LogP contribution in [0.25, 0.3) is 0 Å². The van der Waals surface area contributed by atoms with E-state index in [1.807, 2.05) is 0 Å². The lowest BCUT2D eigenvalue weighted by Crippen LogP contribution is -2.45. The summed E-state index contributed by atoms with van der Waals surface area (Å²) in [7, 11) is 0. The van der Waals surface area contributed by atoms with E-state index in [0.29, 0.717) is 19.0 Å². The Morgan fingerprint density at radius 1 is 1.44 bits per heavy atom. The SMILES string of the molecule is CCNC(=O)NC(=O)C(C)OC1CCCC1CN. The van der Waals surface area contributed by atoms with Crippen LogP contribution in [0.2, 0.25) is 0 Å². The molecule has 0 radical (unpaired) electrons. The van der Waals surface area contributed by atoms with Gasteiger partial charge in [0.25, 0.3) is 5.91 Å². The molecule has 3 unspecified atom stereocenters. The van der Waals surface area contributed by atoms with Crippen molar-refractivity contribution in [1.29, 1.82) is 0 Å². The smallest absolute Gasteiger partial charge is 0.321 e. The summed E-state index contributed by atoms with van der Waals surface area (Å²) < 4.78 is 5.68. The van der Waals surface area contributed by atoms with Gasteiger partial charge in [0.05, 0.1) is 6.10 Å². The van der Waals surface area contributed by atoms with Crippen LogP contribution in [0.3, 0.4) is 0 Å². The largest absolute Gasteiger partial charge is 0.365 e. The fourth-order valence-electron chi connectivity index (χ4n) is 2.19. The standard InChI is InChI=1S/C12H23N3O3/c1-3-14-12(17)15-11(16)8(2)18-10-6-4-5-9(10)7-13/h8-10H,3-7,13H2,1-2H3,(H2,14,15,16,17). The van der Waals surface area contributed by atoms with Crippen LogP contribution in [-0.2, 0) is 9.53 Å². The second-order valence-corrected chi connectivity index (χ2v) is 4.59. The maximum absolute atomic E-state index is 11.7. The van der Waals surface area contributed by atoms with Crippen LogP contribution in [0.4, 0.5) is 4.79 Å². The highest BCUT2D eigenvalue weighted by atomic mass is 16.5. The van der Waals surface area contributed by atoms with Gasteiger partial charge in [0.1, 0.15) is 6.10 Å². The lowest BCUT2D eigenvalue weighted by atomic mass is 10.1. The summed E-state index contributed by atoms with van der Waals surface area (Å²) in [6.45, 7) is 4.50. The second kappa shape index (κ2) is 7.33. The van der Waals surface area contributed by atoms with Crippen LogP contribution >= 0.6 is 0 Å². The van der Waals surface area contributed by atoms with Gasteiger partial charge in [-0.15, -0.1) is 0 Å². The Balaban J connectivity index is 2.37. The fraction of sp³-hybridized carbons (Fsp3) is 0.833. The highest BCUT2D eigenvalue weighted by Crippen LogP contribution is 2.28. The molecule has 1 aliphatic carbocycles. The van der Waals surface area contributed by atoms with Gasteiger partial charge in [0.15, 0.2) is 0 Å². The fourth-order valence-corrected chi connectivity index (χ4v) is 2.19. The Bertz CT molecular complexity index is 296. The summed E-state index contributed by atoms with van der Waals surface area (Å²) >= 11 is 0. The monoisotopic (exact) mass is 257 g/mol. The molecule has 0 heterocycles. The van der Waals surface area contributed by atoms with E-state index in [4.69, 9.17) is 10.5 Å². The van der Waals surface area contributed by atoms with Crippen molar-refractivity contribution in [2.24, 2.45) is 11.7 Å². The van der Waals surface area contributed by atoms with Gasteiger partial charge in [-0.05, 0) is 39.2 Å². The van der Waals surface area contributed by atoms with Crippen LogP contribution in [0.5, 0.6) is 0 Å². The van der Waals surface area contributed by atoms with E-state index in [9.17, 15) is 9.59 Å². The molecule has 0 aliphatic heterocycles. The number of hydrogen-bond donors (Lipinski definition) is 3. The zero-order valence-electron chi connectivity index (χ0n) is 11.1. The van der Waals surface area contributed by atoms with Crippen LogP contribution in [-0.4, -0.2) is 37.2 Å². The van der Waals surface area contributed by atoms with Crippen LogP contribution in [0, 0.1) is 5.92 Å². The van der Waals surface area contributed by atoms with Crippen molar-refractivity contribution < 1.29 is 14.3 Å². The van der Waals surface area contributed by atoms with Gasteiger partial charge in [-0.1, -0.05) is 6.42 Å². The Morgan fingerprint density at radius 2 is 2.17 bits per heavy atom. The molecule has 6 heteroatoms. The number of nitrogens with one attached hydrogen (secondary N) is 2. The third kappa shape index (κ3) is 4.27. The number of amides is 3. The van der Waals surface area contributed by atoms with E-state index in [1.165, 1.54) is 0 Å². The molecule has 1 fully saturated rings. The maximum Gasteiger partial charge on any atom is 0.321 e. The molecule has 0 aromatic heterocycles. The molecule has 104 valence electrons. The molecule has 0 aromatic carbocycles. The first-order valence-corrected chi connectivity index (χ1v) is 6.52. The van der Waals surface area contributed by atoms with E-state index in [0.717, 1.165) is 19.3 Å². The zero-order chi connectivity index (χ0) is 13.5. The van der Waals surface area contributed by atoms with Crippen molar-refractivity contribution >= 4 is 11.9 Å². The number of ether oxygens (including phenoxy) is 1. The highest BCUT2D eigenvalue weighted by molar-refractivity contribution is 5.96. The number of carbonyl (C=O) groups is 2. The molecule has 18 heavy (non-hydrogen) atoms. The first-order chi connectivity index (χ1) is 8.58. The molecule has 1 aliphatic rings. The summed E-state index contributed by atoms with van der Waals surface area (Å²) in [6.07, 6.45) is 2.46. The number of carbonyl (C=O) groups excluding carboxylic acids is 2. The van der Waals surface area contributed by atoms with E-state index in [-0.39, 0.29) is 6.10 Å². The van der Waals surface area contributed by atoms with E-state index >= 15 is 0 Å².